The molecule has 1 aliphatic heterocycles. The summed E-state index contributed by atoms with van der Waals surface area (Å²) in [6, 6.07) is 0. The van der Waals surface area contributed by atoms with Gasteiger partial charge in [-0.1, -0.05) is 44.4 Å². The lowest BCUT2D eigenvalue weighted by Gasteiger charge is -2.31. The molecule has 2 fully saturated rings. The second-order valence-electron chi connectivity index (χ2n) is 4.93. The topological polar surface area (TPSA) is 27.1 Å². The first kappa shape index (κ1) is 11.3. The maximum absolute atomic E-state index is 8.03. The molecule has 0 aromatic heterocycles. The van der Waals surface area contributed by atoms with Crippen LogP contribution in [-0.2, 0) is 0 Å². The summed E-state index contributed by atoms with van der Waals surface area (Å²) in [5.74, 6) is 0. The Morgan fingerprint density at radius 3 is 2.73 bits per heavy atom. The summed E-state index contributed by atoms with van der Waals surface area (Å²) < 4.78 is 0.434. The number of nitrogens with zero attached hydrogens (tertiary/aromatic N) is 1. The standard InChI is InChI=1S/C12H22N2S/c1-2-3-9-14-10-12(15-11(14)13)7-5-4-6-8-12/h13H,2-10H2,1H3. The number of unbranched alkanes of at least 4 members (excludes halogenated alkanes) is 1. The predicted octanol–water partition coefficient (Wildman–Crippen LogP) is 3.47. The molecule has 1 N–H and O–H groups in total. The summed E-state index contributed by atoms with van der Waals surface area (Å²) in [6.45, 7) is 4.48. The van der Waals surface area contributed by atoms with Gasteiger partial charge in [0.25, 0.3) is 0 Å². The first-order valence-electron chi connectivity index (χ1n) is 6.28. The van der Waals surface area contributed by atoms with Gasteiger partial charge in [0.2, 0.25) is 0 Å². The van der Waals surface area contributed by atoms with E-state index in [0.717, 1.165) is 18.3 Å². The zero-order chi connectivity index (χ0) is 10.7. The fourth-order valence-corrected chi connectivity index (χ4v) is 4.12. The molecule has 1 aliphatic carbocycles. The molecule has 1 heterocycles. The number of thioether (sulfide) groups is 1. The van der Waals surface area contributed by atoms with Crippen LogP contribution in [0.4, 0.5) is 0 Å². The van der Waals surface area contributed by atoms with E-state index in [1.54, 1.807) is 0 Å². The monoisotopic (exact) mass is 226 g/mol. The van der Waals surface area contributed by atoms with Crippen molar-refractivity contribution in [1.82, 2.24) is 4.90 Å². The Kier molecular flexibility index (Phi) is 3.60. The highest BCUT2D eigenvalue weighted by Crippen LogP contribution is 2.45. The van der Waals surface area contributed by atoms with Gasteiger partial charge in [0.1, 0.15) is 0 Å². The van der Waals surface area contributed by atoms with Gasteiger partial charge in [-0.25, -0.2) is 0 Å². The molecule has 0 atom stereocenters. The molecule has 2 rings (SSSR count). The molecule has 0 unspecified atom stereocenters. The quantitative estimate of drug-likeness (QED) is 0.797. The van der Waals surface area contributed by atoms with Crippen molar-refractivity contribution in [2.45, 2.75) is 56.6 Å². The third-order valence-corrected chi connectivity index (χ3v) is 5.05. The Balaban J connectivity index is 1.92. The summed E-state index contributed by atoms with van der Waals surface area (Å²) in [7, 11) is 0. The van der Waals surface area contributed by atoms with Crippen LogP contribution in [0.15, 0.2) is 0 Å². The molecule has 1 spiro atoms. The summed E-state index contributed by atoms with van der Waals surface area (Å²) in [5.41, 5.74) is 0. The predicted molar refractivity (Wildman–Crippen MR) is 67.6 cm³/mol. The van der Waals surface area contributed by atoms with E-state index >= 15 is 0 Å². The number of nitrogens with one attached hydrogen (secondary N) is 1. The molecule has 1 saturated heterocycles. The maximum Gasteiger partial charge on any atom is 0.156 e. The van der Waals surface area contributed by atoms with Crippen LogP contribution in [0.1, 0.15) is 51.9 Å². The summed E-state index contributed by atoms with van der Waals surface area (Å²) in [4.78, 5) is 2.31. The van der Waals surface area contributed by atoms with Crippen molar-refractivity contribution < 1.29 is 0 Å². The molecule has 0 radical (unpaired) electrons. The van der Waals surface area contributed by atoms with Gasteiger partial charge in [-0.05, 0) is 19.3 Å². The molecule has 0 amide bonds. The minimum absolute atomic E-state index is 0.434. The maximum atomic E-state index is 8.03. The van der Waals surface area contributed by atoms with Gasteiger partial charge in [-0.2, -0.15) is 0 Å². The first-order chi connectivity index (χ1) is 7.26. The lowest BCUT2D eigenvalue weighted by molar-refractivity contribution is 0.316. The van der Waals surface area contributed by atoms with Gasteiger partial charge in [-0.15, -0.1) is 0 Å². The lowest BCUT2D eigenvalue weighted by Crippen LogP contribution is -2.34. The number of hydrogen-bond acceptors (Lipinski definition) is 2. The molecular formula is C12H22N2S. The zero-order valence-electron chi connectivity index (χ0n) is 9.72. The molecule has 1 saturated carbocycles. The molecule has 0 aromatic carbocycles. The number of amidine groups is 1. The Morgan fingerprint density at radius 2 is 2.07 bits per heavy atom. The number of hydrogen-bond donors (Lipinski definition) is 1. The summed E-state index contributed by atoms with van der Waals surface area (Å²) >= 11 is 1.86. The van der Waals surface area contributed by atoms with Crippen LogP contribution in [0.5, 0.6) is 0 Å². The highest BCUT2D eigenvalue weighted by molar-refractivity contribution is 8.15. The Hall–Kier alpha value is -0.180. The van der Waals surface area contributed by atoms with E-state index in [-0.39, 0.29) is 0 Å². The minimum atomic E-state index is 0.434. The van der Waals surface area contributed by atoms with E-state index in [1.165, 1.54) is 44.9 Å². The third kappa shape index (κ3) is 2.49. The fourth-order valence-electron chi connectivity index (χ4n) is 2.71. The lowest BCUT2D eigenvalue weighted by atomic mass is 9.88. The van der Waals surface area contributed by atoms with E-state index in [0.29, 0.717) is 4.75 Å². The van der Waals surface area contributed by atoms with Crippen molar-refractivity contribution in [3.8, 4) is 0 Å². The van der Waals surface area contributed by atoms with E-state index < -0.39 is 0 Å². The van der Waals surface area contributed by atoms with Crippen molar-refractivity contribution in [3.63, 3.8) is 0 Å². The average Bonchev–Trinajstić information content (AvgIpc) is 2.53. The summed E-state index contributed by atoms with van der Waals surface area (Å²) in [6.07, 6.45) is 9.31. The Morgan fingerprint density at radius 1 is 1.33 bits per heavy atom. The van der Waals surface area contributed by atoms with Gasteiger partial charge in [-0.3, -0.25) is 5.41 Å². The highest BCUT2D eigenvalue weighted by Gasteiger charge is 2.42. The fraction of sp³-hybridized carbons (Fsp3) is 0.917. The van der Waals surface area contributed by atoms with E-state index in [9.17, 15) is 0 Å². The SMILES string of the molecule is CCCCN1CC2(CCCCC2)SC1=N. The van der Waals surface area contributed by atoms with Crippen molar-refractivity contribution in [1.29, 1.82) is 5.41 Å². The zero-order valence-corrected chi connectivity index (χ0v) is 10.5. The third-order valence-electron chi connectivity index (χ3n) is 3.63. The molecule has 15 heavy (non-hydrogen) atoms. The van der Waals surface area contributed by atoms with Crippen LogP contribution in [0.2, 0.25) is 0 Å². The van der Waals surface area contributed by atoms with Crippen LogP contribution in [-0.4, -0.2) is 27.9 Å². The Bertz CT molecular complexity index is 234. The van der Waals surface area contributed by atoms with Crippen LogP contribution >= 0.6 is 11.8 Å². The van der Waals surface area contributed by atoms with Crippen LogP contribution < -0.4 is 0 Å². The molecule has 86 valence electrons. The van der Waals surface area contributed by atoms with Gasteiger partial charge in [0.05, 0.1) is 0 Å². The molecule has 2 aliphatic rings. The normalized spacial score (nSPS) is 25.1. The second-order valence-corrected chi connectivity index (χ2v) is 6.38. The van der Waals surface area contributed by atoms with Gasteiger partial charge < -0.3 is 4.90 Å². The second kappa shape index (κ2) is 4.77. The Labute approximate surface area is 97.3 Å². The van der Waals surface area contributed by atoms with E-state index in [4.69, 9.17) is 5.41 Å². The van der Waals surface area contributed by atoms with E-state index in [1.807, 2.05) is 11.8 Å². The minimum Gasteiger partial charge on any atom is -0.350 e. The number of rotatable bonds is 3. The van der Waals surface area contributed by atoms with Crippen LogP contribution in [0.25, 0.3) is 0 Å². The van der Waals surface area contributed by atoms with Gasteiger partial charge in [0.15, 0.2) is 5.17 Å². The summed E-state index contributed by atoms with van der Waals surface area (Å²) in [5, 5.41) is 8.87. The first-order valence-corrected chi connectivity index (χ1v) is 7.10. The van der Waals surface area contributed by atoms with Crippen molar-refractivity contribution in [2.75, 3.05) is 13.1 Å². The van der Waals surface area contributed by atoms with Crippen molar-refractivity contribution in [3.05, 3.63) is 0 Å². The van der Waals surface area contributed by atoms with Crippen LogP contribution in [0.3, 0.4) is 0 Å². The largest absolute Gasteiger partial charge is 0.350 e. The average molecular weight is 226 g/mol. The highest BCUT2D eigenvalue weighted by atomic mass is 32.2. The van der Waals surface area contributed by atoms with E-state index in [2.05, 4.69) is 11.8 Å². The molecule has 0 bridgehead atoms. The van der Waals surface area contributed by atoms with Gasteiger partial charge >= 0.3 is 0 Å². The van der Waals surface area contributed by atoms with Crippen molar-refractivity contribution >= 4 is 16.9 Å². The molecular weight excluding hydrogens is 204 g/mol. The van der Waals surface area contributed by atoms with Crippen LogP contribution in [0, 0.1) is 5.41 Å². The van der Waals surface area contributed by atoms with Crippen molar-refractivity contribution in [2.24, 2.45) is 0 Å². The molecule has 0 aromatic rings. The molecule has 2 nitrogen and oxygen atoms in total. The smallest absolute Gasteiger partial charge is 0.156 e. The van der Waals surface area contributed by atoms with Gasteiger partial charge in [0, 0.05) is 17.8 Å². The molecule has 3 heteroatoms.